The molecule has 3 aromatic rings. The first-order valence-electron chi connectivity index (χ1n) is 10.3. The van der Waals surface area contributed by atoms with Crippen LogP contribution in [-0.4, -0.2) is 42.6 Å². The van der Waals surface area contributed by atoms with E-state index in [9.17, 15) is 22.8 Å². The van der Waals surface area contributed by atoms with Gasteiger partial charge in [-0.2, -0.15) is 13.2 Å². The van der Waals surface area contributed by atoms with Crippen LogP contribution in [0.5, 0.6) is 0 Å². The fourth-order valence-electron chi connectivity index (χ4n) is 3.72. The maximum atomic E-state index is 12.8. The molecule has 0 unspecified atom stereocenters. The molecule has 0 spiro atoms. The maximum Gasteiger partial charge on any atom is 0.471 e. The second kappa shape index (κ2) is 9.92. The van der Waals surface area contributed by atoms with Gasteiger partial charge < -0.3 is 15.5 Å². The predicted molar refractivity (Wildman–Crippen MR) is 124 cm³/mol. The number of hydrogen-bond donors (Lipinski definition) is 2. The number of piperidine rings is 1. The van der Waals surface area contributed by atoms with Crippen molar-refractivity contribution in [3.05, 3.63) is 52.9 Å². The number of thiophene rings is 1. The molecule has 0 saturated carbocycles. The summed E-state index contributed by atoms with van der Waals surface area (Å²) in [4.78, 5) is 31.4. The number of aromatic nitrogens is 1. The summed E-state index contributed by atoms with van der Waals surface area (Å²) in [6, 6.07) is 11.2. The van der Waals surface area contributed by atoms with Crippen molar-refractivity contribution in [1.29, 1.82) is 0 Å². The van der Waals surface area contributed by atoms with Crippen LogP contribution in [0.3, 0.4) is 0 Å². The number of rotatable bonds is 6. The number of alkyl halides is 3. The van der Waals surface area contributed by atoms with Crippen LogP contribution < -0.4 is 15.5 Å². The molecule has 2 N–H and O–H groups in total. The summed E-state index contributed by atoms with van der Waals surface area (Å²) in [6.07, 6.45) is -3.40. The fraction of sp³-hybridized carbons (Fsp3) is 0.318. The van der Waals surface area contributed by atoms with Crippen LogP contribution in [0.25, 0.3) is 9.88 Å². The number of amides is 2. The van der Waals surface area contributed by atoms with Crippen molar-refractivity contribution in [2.24, 2.45) is 5.92 Å². The van der Waals surface area contributed by atoms with Gasteiger partial charge in [0.25, 0.3) is 5.91 Å². The molecule has 1 aromatic carbocycles. The third-order valence-corrected chi connectivity index (χ3v) is 7.17. The van der Waals surface area contributed by atoms with E-state index in [0.717, 1.165) is 22.0 Å². The first-order chi connectivity index (χ1) is 15.8. The van der Waals surface area contributed by atoms with Crippen LogP contribution in [0.4, 0.5) is 24.5 Å². The molecule has 1 fully saturated rings. The summed E-state index contributed by atoms with van der Waals surface area (Å²) in [6.45, 7) is 1.13. The molecule has 11 heteroatoms. The van der Waals surface area contributed by atoms with Gasteiger partial charge in [0.05, 0.1) is 16.3 Å². The smallest absolute Gasteiger partial charge is 0.370 e. The third kappa shape index (κ3) is 5.72. The van der Waals surface area contributed by atoms with Gasteiger partial charge in [-0.25, -0.2) is 4.98 Å². The Morgan fingerprint density at radius 2 is 1.97 bits per heavy atom. The highest BCUT2D eigenvalue weighted by molar-refractivity contribution is 7.20. The van der Waals surface area contributed by atoms with Crippen molar-refractivity contribution in [3.8, 4) is 9.88 Å². The van der Waals surface area contributed by atoms with Crippen molar-refractivity contribution in [3.63, 3.8) is 0 Å². The summed E-state index contributed by atoms with van der Waals surface area (Å²) in [7, 11) is 0. The molecule has 6 nitrogen and oxygen atoms in total. The summed E-state index contributed by atoms with van der Waals surface area (Å²) < 4.78 is 37.4. The number of para-hydroxylation sites is 2. The molecule has 174 valence electrons. The van der Waals surface area contributed by atoms with Gasteiger partial charge in [-0.3, -0.25) is 9.59 Å². The summed E-state index contributed by atoms with van der Waals surface area (Å²) in [5, 5.41) is 9.34. The highest BCUT2D eigenvalue weighted by Gasteiger charge is 2.38. The van der Waals surface area contributed by atoms with Crippen molar-refractivity contribution >= 4 is 45.9 Å². The van der Waals surface area contributed by atoms with Crippen LogP contribution in [0.15, 0.2) is 47.2 Å². The number of halogens is 3. The van der Waals surface area contributed by atoms with Crippen LogP contribution in [-0.2, 0) is 4.79 Å². The molecule has 1 aliphatic heterocycles. The van der Waals surface area contributed by atoms with Gasteiger partial charge in [-0.1, -0.05) is 18.2 Å². The minimum atomic E-state index is -4.88. The van der Waals surface area contributed by atoms with Gasteiger partial charge in [0.1, 0.15) is 10.7 Å². The fourth-order valence-corrected chi connectivity index (χ4v) is 5.33. The van der Waals surface area contributed by atoms with Crippen LogP contribution in [0.2, 0.25) is 0 Å². The first-order valence-corrected chi connectivity index (χ1v) is 12.1. The van der Waals surface area contributed by atoms with Gasteiger partial charge in [-0.15, -0.1) is 22.7 Å². The lowest BCUT2D eigenvalue weighted by atomic mass is 9.97. The van der Waals surface area contributed by atoms with Gasteiger partial charge in [0, 0.05) is 25.0 Å². The van der Waals surface area contributed by atoms with E-state index in [2.05, 4.69) is 10.3 Å². The second-order valence-corrected chi connectivity index (χ2v) is 9.45. The number of thiazole rings is 1. The Balaban J connectivity index is 1.43. The Morgan fingerprint density at radius 1 is 1.15 bits per heavy atom. The number of nitrogens with zero attached hydrogens (tertiary/aromatic N) is 2. The minimum Gasteiger partial charge on any atom is -0.370 e. The van der Waals surface area contributed by atoms with Crippen LogP contribution in [0.1, 0.15) is 23.3 Å². The molecule has 0 aliphatic carbocycles. The zero-order valence-electron chi connectivity index (χ0n) is 17.4. The average molecular weight is 495 g/mol. The van der Waals surface area contributed by atoms with Crippen molar-refractivity contribution < 1.29 is 22.8 Å². The van der Waals surface area contributed by atoms with E-state index in [0.29, 0.717) is 30.9 Å². The van der Waals surface area contributed by atoms with Crippen molar-refractivity contribution in [1.82, 2.24) is 10.3 Å². The normalized spacial score (nSPS) is 16.5. The summed E-state index contributed by atoms with van der Waals surface area (Å²) in [5.41, 5.74) is 1.71. The van der Waals surface area contributed by atoms with Gasteiger partial charge in [0.2, 0.25) is 0 Å². The van der Waals surface area contributed by atoms with Crippen molar-refractivity contribution in [2.75, 3.05) is 29.9 Å². The van der Waals surface area contributed by atoms with Gasteiger partial charge >= 0.3 is 12.1 Å². The largest absolute Gasteiger partial charge is 0.471 e. The molecule has 1 saturated heterocycles. The number of benzene rings is 1. The average Bonchev–Trinajstić information content (AvgIpc) is 3.49. The molecule has 1 aliphatic rings. The summed E-state index contributed by atoms with van der Waals surface area (Å²) in [5.74, 6) is -2.37. The molecule has 1 atom stereocenters. The lowest BCUT2D eigenvalue weighted by molar-refractivity contribution is -0.173. The molecule has 0 bridgehead atoms. The first kappa shape index (κ1) is 23.2. The number of carbonyl (C=O) groups is 2. The quantitative estimate of drug-likeness (QED) is 0.505. The minimum absolute atomic E-state index is 0.0479. The Morgan fingerprint density at radius 3 is 2.73 bits per heavy atom. The Labute approximate surface area is 196 Å². The summed E-state index contributed by atoms with van der Waals surface area (Å²) >= 11 is 2.96. The van der Waals surface area contributed by atoms with Crippen molar-refractivity contribution in [2.45, 2.75) is 19.0 Å². The lowest BCUT2D eigenvalue weighted by Crippen LogP contribution is -2.44. The van der Waals surface area contributed by atoms with E-state index in [-0.39, 0.29) is 18.4 Å². The van der Waals surface area contributed by atoms with E-state index in [1.807, 2.05) is 45.9 Å². The number of nitrogens with one attached hydrogen (secondary N) is 2. The zero-order chi connectivity index (χ0) is 23.4. The second-order valence-electron chi connectivity index (χ2n) is 7.65. The van der Waals surface area contributed by atoms with Crippen LogP contribution in [0, 0.1) is 5.92 Å². The lowest BCUT2D eigenvalue weighted by Gasteiger charge is -2.35. The van der Waals surface area contributed by atoms with E-state index >= 15 is 0 Å². The van der Waals surface area contributed by atoms with E-state index < -0.39 is 12.1 Å². The SMILES string of the molecule is O=C(Nc1ccccc1N1CCC[C@H](CNC(=O)C(F)(F)F)C1)c1csc(-c2cccs2)n1. The number of hydrogen-bond acceptors (Lipinski definition) is 6. The molecule has 2 amide bonds. The topological polar surface area (TPSA) is 74.3 Å². The van der Waals surface area contributed by atoms with E-state index in [4.69, 9.17) is 0 Å². The Kier molecular flexibility index (Phi) is 6.99. The van der Waals surface area contributed by atoms with Gasteiger partial charge in [-0.05, 0) is 42.3 Å². The zero-order valence-corrected chi connectivity index (χ0v) is 19.0. The standard InChI is InChI=1S/C22H21F3N4O2S2/c23-22(24,25)21(31)26-11-14-5-3-9-29(12-14)17-7-2-1-6-15(17)27-19(30)16-13-33-20(28-16)18-8-4-10-32-18/h1-2,4,6-8,10,13-14H,3,5,9,11-12H2,(H,26,31)(H,27,30)/t14-/m1/s1. The highest BCUT2D eigenvalue weighted by Crippen LogP contribution is 2.31. The van der Waals surface area contributed by atoms with Crippen LogP contribution >= 0.6 is 22.7 Å². The Hall–Kier alpha value is -2.92. The molecular weight excluding hydrogens is 473 g/mol. The monoisotopic (exact) mass is 494 g/mol. The number of carbonyl (C=O) groups excluding carboxylic acids is 2. The molecular formula is C22H21F3N4O2S2. The number of anilines is 2. The molecule has 4 rings (SSSR count). The molecule has 33 heavy (non-hydrogen) atoms. The molecule has 3 heterocycles. The molecule has 2 aromatic heterocycles. The van der Waals surface area contributed by atoms with Gasteiger partial charge in [0.15, 0.2) is 0 Å². The molecule has 0 radical (unpaired) electrons. The highest BCUT2D eigenvalue weighted by atomic mass is 32.1. The van der Waals surface area contributed by atoms with E-state index in [1.54, 1.807) is 22.8 Å². The third-order valence-electron chi connectivity index (χ3n) is 5.29. The van der Waals surface area contributed by atoms with E-state index in [1.165, 1.54) is 11.3 Å². The predicted octanol–water partition coefficient (Wildman–Crippen LogP) is 5.02. The maximum absolute atomic E-state index is 12.8. The Bertz CT molecular complexity index is 1120.